The molecule has 0 spiro atoms. The first-order valence-corrected chi connectivity index (χ1v) is 6.85. The van der Waals surface area contributed by atoms with Crippen molar-refractivity contribution in [1.29, 1.82) is 0 Å². The van der Waals surface area contributed by atoms with Crippen molar-refractivity contribution in [2.45, 2.75) is 13.1 Å². The summed E-state index contributed by atoms with van der Waals surface area (Å²) in [4.78, 5) is 18.2. The Balaban J connectivity index is 1.89. The van der Waals surface area contributed by atoms with Crippen molar-refractivity contribution in [2.24, 2.45) is 5.73 Å². The molecular weight excluding hydrogens is 264 g/mol. The molecule has 2 aromatic rings. The van der Waals surface area contributed by atoms with E-state index in [1.54, 1.807) is 6.20 Å². The maximum atomic E-state index is 12.1. The minimum absolute atomic E-state index is 0.0608. The maximum absolute atomic E-state index is 12.1. The van der Waals surface area contributed by atoms with Crippen LogP contribution in [0.4, 0.5) is 5.69 Å². The first kappa shape index (κ1) is 15.2. The third kappa shape index (κ3) is 4.66. The molecule has 0 bridgehead atoms. The second kappa shape index (κ2) is 7.52. The van der Waals surface area contributed by atoms with E-state index in [-0.39, 0.29) is 5.91 Å². The standard InChI is InChI=1S/C16H20N4O/c1-20(11-14-7-4-5-9-18-14)12-16(21)19-15-8-3-2-6-13(15)10-17/h2-9H,10-12,17H2,1H3,(H,19,21). The lowest BCUT2D eigenvalue weighted by molar-refractivity contribution is -0.117. The Morgan fingerprint density at radius 1 is 1.24 bits per heavy atom. The molecule has 0 radical (unpaired) electrons. The van der Waals surface area contributed by atoms with E-state index in [0.29, 0.717) is 19.6 Å². The van der Waals surface area contributed by atoms with Gasteiger partial charge >= 0.3 is 0 Å². The fourth-order valence-corrected chi connectivity index (χ4v) is 2.08. The van der Waals surface area contributed by atoms with E-state index >= 15 is 0 Å². The molecular formula is C16H20N4O. The van der Waals surface area contributed by atoms with Crippen LogP contribution < -0.4 is 11.1 Å². The van der Waals surface area contributed by atoms with Crippen LogP contribution in [0.2, 0.25) is 0 Å². The molecule has 1 amide bonds. The number of hydrogen-bond donors (Lipinski definition) is 2. The van der Waals surface area contributed by atoms with Crippen LogP contribution >= 0.6 is 0 Å². The number of nitrogens with two attached hydrogens (primary N) is 1. The van der Waals surface area contributed by atoms with Gasteiger partial charge in [0.15, 0.2) is 0 Å². The number of amides is 1. The number of anilines is 1. The molecule has 110 valence electrons. The predicted molar refractivity (Wildman–Crippen MR) is 83.5 cm³/mol. The Labute approximate surface area is 124 Å². The second-order valence-electron chi connectivity index (χ2n) is 4.90. The normalized spacial score (nSPS) is 10.6. The largest absolute Gasteiger partial charge is 0.326 e. The van der Waals surface area contributed by atoms with Crippen LogP contribution in [-0.4, -0.2) is 29.4 Å². The van der Waals surface area contributed by atoms with Gasteiger partial charge in [0, 0.05) is 25.0 Å². The molecule has 5 heteroatoms. The summed E-state index contributed by atoms with van der Waals surface area (Å²) < 4.78 is 0. The quantitative estimate of drug-likeness (QED) is 0.845. The smallest absolute Gasteiger partial charge is 0.238 e. The number of nitrogens with one attached hydrogen (secondary N) is 1. The summed E-state index contributed by atoms with van der Waals surface area (Å²) in [7, 11) is 1.89. The molecule has 2 rings (SSSR count). The lowest BCUT2D eigenvalue weighted by Gasteiger charge is -2.16. The Morgan fingerprint density at radius 3 is 2.71 bits per heavy atom. The molecule has 21 heavy (non-hydrogen) atoms. The molecule has 1 heterocycles. The minimum atomic E-state index is -0.0608. The van der Waals surface area contributed by atoms with Crippen molar-refractivity contribution >= 4 is 11.6 Å². The molecule has 1 aromatic carbocycles. The highest BCUT2D eigenvalue weighted by molar-refractivity contribution is 5.92. The molecule has 0 aliphatic heterocycles. The lowest BCUT2D eigenvalue weighted by Crippen LogP contribution is -2.30. The fraction of sp³-hybridized carbons (Fsp3) is 0.250. The van der Waals surface area contributed by atoms with Gasteiger partial charge in [-0.05, 0) is 30.8 Å². The van der Waals surface area contributed by atoms with E-state index in [9.17, 15) is 4.79 Å². The summed E-state index contributed by atoms with van der Waals surface area (Å²) in [5.41, 5.74) is 8.30. The van der Waals surface area contributed by atoms with E-state index in [1.165, 1.54) is 0 Å². The first-order valence-electron chi connectivity index (χ1n) is 6.85. The highest BCUT2D eigenvalue weighted by Gasteiger charge is 2.09. The van der Waals surface area contributed by atoms with Gasteiger partial charge in [0.05, 0.1) is 12.2 Å². The van der Waals surface area contributed by atoms with Crippen LogP contribution in [0, 0.1) is 0 Å². The van der Waals surface area contributed by atoms with Gasteiger partial charge in [0.25, 0.3) is 0 Å². The Hall–Kier alpha value is -2.24. The van der Waals surface area contributed by atoms with Gasteiger partial charge < -0.3 is 11.1 Å². The van der Waals surface area contributed by atoms with Crippen molar-refractivity contribution in [3.63, 3.8) is 0 Å². The Bertz CT molecular complexity index is 586. The molecule has 0 fully saturated rings. The lowest BCUT2D eigenvalue weighted by atomic mass is 10.2. The molecule has 1 aromatic heterocycles. The number of para-hydroxylation sites is 1. The zero-order chi connectivity index (χ0) is 15.1. The average molecular weight is 284 g/mol. The number of benzene rings is 1. The molecule has 0 aliphatic rings. The summed E-state index contributed by atoms with van der Waals surface area (Å²) in [5.74, 6) is -0.0608. The van der Waals surface area contributed by atoms with Crippen LogP contribution in [-0.2, 0) is 17.9 Å². The van der Waals surface area contributed by atoms with Gasteiger partial charge in [0.1, 0.15) is 0 Å². The number of carbonyl (C=O) groups is 1. The summed E-state index contributed by atoms with van der Waals surface area (Å²) in [6.07, 6.45) is 1.75. The maximum Gasteiger partial charge on any atom is 0.238 e. The van der Waals surface area contributed by atoms with Crippen LogP contribution in [0.1, 0.15) is 11.3 Å². The van der Waals surface area contributed by atoms with Gasteiger partial charge in [-0.15, -0.1) is 0 Å². The number of aromatic nitrogens is 1. The van der Waals surface area contributed by atoms with Crippen molar-refractivity contribution in [3.05, 3.63) is 59.9 Å². The van der Waals surface area contributed by atoms with E-state index in [2.05, 4.69) is 10.3 Å². The zero-order valence-corrected chi connectivity index (χ0v) is 12.1. The number of likely N-dealkylation sites (N-methyl/N-ethyl adjacent to an activating group) is 1. The fourth-order valence-electron chi connectivity index (χ4n) is 2.08. The first-order chi connectivity index (χ1) is 10.2. The minimum Gasteiger partial charge on any atom is -0.326 e. The topological polar surface area (TPSA) is 71.2 Å². The average Bonchev–Trinajstić information content (AvgIpc) is 2.48. The SMILES string of the molecule is CN(CC(=O)Nc1ccccc1CN)Cc1ccccn1. The van der Waals surface area contributed by atoms with Gasteiger partial charge in [-0.1, -0.05) is 24.3 Å². The van der Waals surface area contributed by atoms with Crippen molar-refractivity contribution in [3.8, 4) is 0 Å². The molecule has 0 saturated carbocycles. The Morgan fingerprint density at radius 2 is 2.00 bits per heavy atom. The third-order valence-corrected chi connectivity index (χ3v) is 3.08. The van der Waals surface area contributed by atoms with Gasteiger partial charge in [-0.2, -0.15) is 0 Å². The van der Waals surface area contributed by atoms with Crippen LogP contribution in [0.3, 0.4) is 0 Å². The summed E-state index contributed by atoms with van der Waals surface area (Å²) in [5, 5.41) is 2.90. The van der Waals surface area contributed by atoms with E-state index < -0.39 is 0 Å². The van der Waals surface area contributed by atoms with Gasteiger partial charge in [-0.3, -0.25) is 14.7 Å². The monoisotopic (exact) mass is 284 g/mol. The van der Waals surface area contributed by atoms with Crippen molar-refractivity contribution < 1.29 is 4.79 Å². The summed E-state index contributed by atoms with van der Waals surface area (Å²) >= 11 is 0. The number of rotatable bonds is 6. The molecule has 0 aliphatic carbocycles. The second-order valence-corrected chi connectivity index (χ2v) is 4.90. The molecule has 3 N–H and O–H groups in total. The molecule has 0 unspecified atom stereocenters. The predicted octanol–water partition coefficient (Wildman–Crippen LogP) is 1.61. The highest BCUT2D eigenvalue weighted by Crippen LogP contribution is 2.14. The number of pyridine rings is 1. The number of carbonyl (C=O) groups excluding carboxylic acids is 1. The molecule has 0 atom stereocenters. The van der Waals surface area contributed by atoms with Crippen molar-refractivity contribution in [1.82, 2.24) is 9.88 Å². The summed E-state index contributed by atoms with van der Waals surface area (Å²) in [6, 6.07) is 13.3. The number of hydrogen-bond acceptors (Lipinski definition) is 4. The van der Waals surface area contributed by atoms with Crippen LogP contribution in [0.25, 0.3) is 0 Å². The van der Waals surface area contributed by atoms with Crippen molar-refractivity contribution in [2.75, 3.05) is 18.9 Å². The number of nitrogens with zero attached hydrogens (tertiary/aromatic N) is 2. The van der Waals surface area contributed by atoms with Crippen LogP contribution in [0.5, 0.6) is 0 Å². The highest BCUT2D eigenvalue weighted by atomic mass is 16.2. The van der Waals surface area contributed by atoms with Gasteiger partial charge in [0.2, 0.25) is 5.91 Å². The van der Waals surface area contributed by atoms with E-state index in [0.717, 1.165) is 16.9 Å². The summed E-state index contributed by atoms with van der Waals surface area (Å²) in [6.45, 7) is 1.34. The molecule has 0 saturated heterocycles. The van der Waals surface area contributed by atoms with Crippen LogP contribution in [0.15, 0.2) is 48.7 Å². The Kier molecular flexibility index (Phi) is 5.43. The molecule has 5 nitrogen and oxygen atoms in total. The third-order valence-electron chi connectivity index (χ3n) is 3.08. The van der Waals surface area contributed by atoms with E-state index in [4.69, 9.17) is 5.73 Å². The zero-order valence-electron chi connectivity index (χ0n) is 12.1. The van der Waals surface area contributed by atoms with Gasteiger partial charge in [-0.25, -0.2) is 0 Å². The van der Waals surface area contributed by atoms with E-state index in [1.807, 2.05) is 54.4 Å².